The first kappa shape index (κ1) is 27.1. The van der Waals surface area contributed by atoms with Gasteiger partial charge in [0.15, 0.2) is 5.03 Å². The average Bonchev–Trinajstić information content (AvgIpc) is 2.88. The molecule has 2 aliphatic rings. The summed E-state index contributed by atoms with van der Waals surface area (Å²) in [7, 11) is -3.98. The molecule has 1 atom stereocenters. The van der Waals surface area contributed by atoms with Crippen molar-refractivity contribution in [3.05, 3.63) is 59.3 Å². The van der Waals surface area contributed by atoms with Crippen molar-refractivity contribution in [1.82, 2.24) is 9.97 Å². The molecule has 198 valence electrons. The normalized spacial score (nSPS) is 19.4. The van der Waals surface area contributed by atoms with E-state index in [4.69, 9.17) is 16.7 Å². The minimum Gasteiger partial charge on any atom is -0.481 e. The molecule has 4 rings (SSSR count). The van der Waals surface area contributed by atoms with Crippen molar-refractivity contribution in [3.8, 4) is 0 Å². The number of allylic oxidation sites excluding steroid dienone is 4. The van der Waals surface area contributed by atoms with E-state index in [1.165, 1.54) is 6.07 Å². The van der Waals surface area contributed by atoms with Crippen molar-refractivity contribution in [3.63, 3.8) is 0 Å². The SMILES string of the molecule is O=C(O)CCCCCN1CCCCCC2CC=CC=C2c2nc(ccc2Cl)NS(=O)(=O)c2cccc1n2. The number of carboxylic acids is 1. The van der Waals surface area contributed by atoms with Crippen molar-refractivity contribution >= 4 is 44.8 Å². The van der Waals surface area contributed by atoms with Gasteiger partial charge in [0.1, 0.15) is 11.6 Å². The van der Waals surface area contributed by atoms with E-state index in [0.29, 0.717) is 29.5 Å². The van der Waals surface area contributed by atoms with E-state index < -0.39 is 16.0 Å². The van der Waals surface area contributed by atoms with Gasteiger partial charge in [-0.15, -0.1) is 0 Å². The van der Waals surface area contributed by atoms with Crippen LogP contribution in [0, 0.1) is 5.92 Å². The molecule has 4 bridgehead atoms. The molecule has 1 aliphatic carbocycles. The van der Waals surface area contributed by atoms with Crippen LogP contribution in [0.3, 0.4) is 0 Å². The summed E-state index contributed by atoms with van der Waals surface area (Å²) >= 11 is 6.52. The maximum absolute atomic E-state index is 13.3. The third-order valence-electron chi connectivity index (χ3n) is 6.74. The number of hydrogen-bond acceptors (Lipinski definition) is 6. The second-order valence-corrected chi connectivity index (χ2v) is 11.5. The van der Waals surface area contributed by atoms with E-state index in [9.17, 15) is 13.2 Å². The third-order valence-corrected chi connectivity index (χ3v) is 8.30. The Bertz CT molecular complexity index is 1280. The summed E-state index contributed by atoms with van der Waals surface area (Å²) in [4.78, 5) is 22.0. The number of nitrogens with zero attached hydrogens (tertiary/aromatic N) is 3. The van der Waals surface area contributed by atoms with Gasteiger partial charge in [0.25, 0.3) is 10.0 Å². The lowest BCUT2D eigenvalue weighted by atomic mass is 9.85. The van der Waals surface area contributed by atoms with Crippen molar-refractivity contribution in [2.24, 2.45) is 5.92 Å². The Morgan fingerprint density at radius 2 is 1.97 bits per heavy atom. The van der Waals surface area contributed by atoms with Gasteiger partial charge in [-0.05, 0) is 67.9 Å². The quantitative estimate of drug-likeness (QED) is 0.434. The highest BCUT2D eigenvalue weighted by atomic mass is 35.5. The summed E-state index contributed by atoms with van der Waals surface area (Å²) in [5, 5.41) is 9.30. The summed E-state index contributed by atoms with van der Waals surface area (Å²) in [6, 6.07) is 8.23. The summed E-state index contributed by atoms with van der Waals surface area (Å²) < 4.78 is 29.1. The zero-order valence-corrected chi connectivity index (χ0v) is 22.3. The van der Waals surface area contributed by atoms with Crippen LogP contribution in [0.15, 0.2) is 53.6 Å². The number of aromatic nitrogens is 2. The Kier molecular flexibility index (Phi) is 9.21. The molecule has 0 amide bonds. The molecule has 0 aromatic carbocycles. The molecule has 0 radical (unpaired) electrons. The molecule has 0 saturated heterocycles. The zero-order chi connectivity index (χ0) is 26.3. The Hall–Kier alpha value is -2.91. The number of aliphatic carboxylic acids is 1. The first-order chi connectivity index (χ1) is 17.8. The number of fused-ring (bicyclic) bond motifs is 6. The van der Waals surface area contributed by atoms with Crippen molar-refractivity contribution in [2.45, 2.75) is 62.8 Å². The molecule has 3 heterocycles. The summed E-state index contributed by atoms with van der Waals surface area (Å²) in [5.74, 6) is 0.282. The van der Waals surface area contributed by atoms with Crippen LogP contribution in [0.1, 0.15) is 63.5 Å². The van der Waals surface area contributed by atoms with Crippen LogP contribution in [-0.2, 0) is 14.8 Å². The maximum atomic E-state index is 13.3. The smallest absolute Gasteiger partial charge is 0.303 e. The molecule has 0 fully saturated rings. The summed E-state index contributed by atoms with van der Waals surface area (Å²) in [5.41, 5.74) is 1.64. The number of carbonyl (C=O) groups is 1. The molecule has 1 unspecified atom stereocenters. The fourth-order valence-corrected chi connectivity index (χ4v) is 5.99. The van der Waals surface area contributed by atoms with E-state index >= 15 is 0 Å². The number of carboxylic acid groups (broad SMARTS) is 1. The van der Waals surface area contributed by atoms with Crippen LogP contribution in [0.2, 0.25) is 5.02 Å². The fourth-order valence-electron chi connectivity index (χ4n) is 4.81. The molecule has 2 aromatic rings. The highest BCUT2D eigenvalue weighted by Crippen LogP contribution is 2.36. The second kappa shape index (κ2) is 12.6. The van der Waals surface area contributed by atoms with Crippen molar-refractivity contribution in [2.75, 3.05) is 22.7 Å². The number of pyridine rings is 2. The van der Waals surface area contributed by atoms with E-state index in [-0.39, 0.29) is 23.2 Å². The molecule has 37 heavy (non-hydrogen) atoms. The van der Waals surface area contributed by atoms with Gasteiger partial charge in [0.2, 0.25) is 0 Å². The van der Waals surface area contributed by atoms with E-state index in [1.54, 1.807) is 18.2 Å². The van der Waals surface area contributed by atoms with Crippen LogP contribution in [0.5, 0.6) is 0 Å². The third kappa shape index (κ3) is 7.32. The monoisotopic (exact) mass is 544 g/mol. The lowest BCUT2D eigenvalue weighted by Crippen LogP contribution is -2.27. The van der Waals surface area contributed by atoms with Crippen LogP contribution < -0.4 is 9.62 Å². The van der Waals surface area contributed by atoms with Crippen LogP contribution in [0.4, 0.5) is 11.6 Å². The molecule has 0 spiro atoms. The lowest BCUT2D eigenvalue weighted by Gasteiger charge is -2.25. The first-order valence-electron chi connectivity index (χ1n) is 12.8. The molecule has 2 aromatic heterocycles. The lowest BCUT2D eigenvalue weighted by molar-refractivity contribution is -0.137. The summed E-state index contributed by atoms with van der Waals surface area (Å²) in [6.07, 6.45) is 13.5. The zero-order valence-electron chi connectivity index (χ0n) is 20.8. The Morgan fingerprint density at radius 3 is 2.81 bits per heavy atom. The second-order valence-electron chi connectivity index (χ2n) is 9.49. The van der Waals surface area contributed by atoms with Gasteiger partial charge in [-0.2, -0.15) is 8.42 Å². The van der Waals surface area contributed by atoms with Crippen LogP contribution in [0.25, 0.3) is 5.57 Å². The van der Waals surface area contributed by atoms with Crippen molar-refractivity contribution < 1.29 is 18.3 Å². The minimum absolute atomic E-state index is 0.0797. The van der Waals surface area contributed by atoms with Gasteiger partial charge in [0, 0.05) is 19.5 Å². The number of hydrogen-bond donors (Lipinski definition) is 2. The molecule has 8 nitrogen and oxygen atoms in total. The number of halogens is 1. The number of nitrogens with one attached hydrogen (secondary N) is 1. The standard InChI is InChI=1S/C27H33ClN4O4S/c28-22-16-17-23-29-27(22)21-12-6-5-11-20(21)10-3-1-7-18-32(19-8-2-4-15-26(33)34)24-13-9-14-25(30-24)37(35,36)31-23/h5-6,9,12-14,16-17,20H,1-4,7-8,10-11,15,18-19H2,(H,29,31)(H,33,34). The highest BCUT2D eigenvalue weighted by molar-refractivity contribution is 7.92. The Morgan fingerprint density at radius 1 is 1.11 bits per heavy atom. The number of unbranched alkanes of at least 4 members (excludes halogenated alkanes) is 2. The first-order valence-corrected chi connectivity index (χ1v) is 14.7. The van der Waals surface area contributed by atoms with Gasteiger partial charge in [0.05, 0.1) is 10.7 Å². The largest absolute Gasteiger partial charge is 0.481 e. The van der Waals surface area contributed by atoms with Gasteiger partial charge in [-0.1, -0.05) is 55.2 Å². The minimum atomic E-state index is -3.98. The van der Waals surface area contributed by atoms with Crippen LogP contribution >= 0.6 is 11.6 Å². The maximum Gasteiger partial charge on any atom is 0.303 e. The average molecular weight is 545 g/mol. The molecule has 1 aliphatic heterocycles. The van der Waals surface area contributed by atoms with Crippen LogP contribution in [-0.4, -0.2) is 42.6 Å². The topological polar surface area (TPSA) is 112 Å². The highest BCUT2D eigenvalue weighted by Gasteiger charge is 2.23. The molecule has 0 saturated carbocycles. The molecule has 10 heteroatoms. The number of rotatable bonds is 6. The number of anilines is 2. The van der Waals surface area contributed by atoms with Crippen molar-refractivity contribution in [1.29, 1.82) is 0 Å². The van der Waals surface area contributed by atoms with E-state index in [0.717, 1.165) is 57.1 Å². The Labute approximate surface area is 223 Å². The molecule has 2 N–H and O–H groups in total. The number of sulfonamides is 1. The fraction of sp³-hybridized carbons (Fsp3) is 0.444. The van der Waals surface area contributed by atoms with Gasteiger partial charge >= 0.3 is 5.97 Å². The van der Waals surface area contributed by atoms with Gasteiger partial charge in [-0.3, -0.25) is 9.52 Å². The molecular formula is C27H33ClN4O4S. The van der Waals surface area contributed by atoms with Gasteiger partial charge < -0.3 is 10.0 Å². The van der Waals surface area contributed by atoms with E-state index in [2.05, 4.69) is 25.7 Å². The summed E-state index contributed by atoms with van der Waals surface area (Å²) in [6.45, 7) is 1.44. The Balaban J connectivity index is 1.62. The van der Waals surface area contributed by atoms with Gasteiger partial charge in [-0.25, -0.2) is 9.97 Å². The predicted octanol–water partition coefficient (Wildman–Crippen LogP) is 5.92. The predicted molar refractivity (Wildman–Crippen MR) is 146 cm³/mol. The van der Waals surface area contributed by atoms with E-state index in [1.807, 2.05) is 18.2 Å². The molecular weight excluding hydrogens is 512 g/mol.